The second-order valence-electron chi connectivity index (χ2n) is 7.45. The zero-order chi connectivity index (χ0) is 22.5. The van der Waals surface area contributed by atoms with Gasteiger partial charge >= 0.3 is 0 Å². The van der Waals surface area contributed by atoms with Crippen LogP contribution in [-0.4, -0.2) is 37.8 Å². The highest BCUT2D eigenvalue weighted by Crippen LogP contribution is 2.24. The molecule has 4 rings (SSSR count). The van der Waals surface area contributed by atoms with Gasteiger partial charge in [0.15, 0.2) is 0 Å². The van der Waals surface area contributed by atoms with E-state index < -0.39 is 0 Å². The zero-order valence-electron chi connectivity index (χ0n) is 17.9. The van der Waals surface area contributed by atoms with Gasteiger partial charge in [-0.1, -0.05) is 23.4 Å². The lowest BCUT2D eigenvalue weighted by atomic mass is 10.0. The summed E-state index contributed by atoms with van der Waals surface area (Å²) in [7, 11) is 1.63. The van der Waals surface area contributed by atoms with Gasteiger partial charge in [0.2, 0.25) is 5.91 Å². The standard InChI is InChI=1S/C23H24N6O3/c1-16(17-8-9-21(32-2)18(14-17)15-28-12-5-11-24-28)25-22(30)10-13-29-23(31)19-6-3-4-7-20(19)26-27-29/h3-9,11-12,14,16H,10,13,15H2,1-2H3,(H,25,30)/t16-/m0/s1. The molecule has 0 spiro atoms. The van der Waals surface area contributed by atoms with Crippen LogP contribution in [-0.2, 0) is 17.9 Å². The Kier molecular flexibility index (Phi) is 6.25. The molecule has 2 aromatic heterocycles. The van der Waals surface area contributed by atoms with Crippen LogP contribution in [0.25, 0.3) is 10.9 Å². The lowest BCUT2D eigenvalue weighted by Gasteiger charge is -2.17. The summed E-state index contributed by atoms with van der Waals surface area (Å²) in [5.41, 5.74) is 2.20. The molecule has 1 amide bonds. The number of rotatable bonds is 8. The molecular formula is C23H24N6O3. The molecule has 0 saturated carbocycles. The molecule has 0 aliphatic heterocycles. The van der Waals surface area contributed by atoms with E-state index in [1.807, 2.05) is 42.1 Å². The van der Waals surface area contributed by atoms with Crippen molar-refractivity contribution < 1.29 is 9.53 Å². The molecule has 0 bridgehead atoms. The van der Waals surface area contributed by atoms with Crippen molar-refractivity contribution in [3.63, 3.8) is 0 Å². The maximum Gasteiger partial charge on any atom is 0.277 e. The third-order valence-corrected chi connectivity index (χ3v) is 5.25. The molecule has 0 aliphatic carbocycles. The van der Waals surface area contributed by atoms with Gasteiger partial charge in [-0.15, -0.1) is 5.10 Å². The summed E-state index contributed by atoms with van der Waals surface area (Å²) < 4.78 is 8.50. The van der Waals surface area contributed by atoms with Gasteiger partial charge in [-0.3, -0.25) is 14.3 Å². The van der Waals surface area contributed by atoms with Gasteiger partial charge in [-0.25, -0.2) is 4.68 Å². The van der Waals surface area contributed by atoms with Crippen molar-refractivity contribution in [2.75, 3.05) is 7.11 Å². The van der Waals surface area contributed by atoms with Crippen LogP contribution in [0.2, 0.25) is 0 Å². The van der Waals surface area contributed by atoms with Crippen molar-refractivity contribution in [2.24, 2.45) is 0 Å². The number of carbonyl (C=O) groups is 1. The average molecular weight is 432 g/mol. The maximum atomic E-state index is 12.5. The van der Waals surface area contributed by atoms with E-state index >= 15 is 0 Å². The molecule has 0 radical (unpaired) electrons. The summed E-state index contributed by atoms with van der Waals surface area (Å²) in [6.07, 6.45) is 3.73. The Balaban J connectivity index is 1.41. The van der Waals surface area contributed by atoms with Crippen molar-refractivity contribution >= 4 is 16.8 Å². The Labute approximate surface area is 184 Å². The molecule has 1 atom stereocenters. The van der Waals surface area contributed by atoms with Gasteiger partial charge in [-0.05, 0) is 42.8 Å². The zero-order valence-corrected chi connectivity index (χ0v) is 17.9. The number of carbonyl (C=O) groups excluding carboxylic acids is 1. The second kappa shape index (κ2) is 9.42. The van der Waals surface area contributed by atoms with E-state index in [2.05, 4.69) is 20.7 Å². The Morgan fingerprint density at radius 3 is 2.81 bits per heavy atom. The van der Waals surface area contributed by atoms with Gasteiger partial charge in [-0.2, -0.15) is 5.10 Å². The average Bonchev–Trinajstić information content (AvgIpc) is 3.32. The molecule has 164 valence electrons. The smallest absolute Gasteiger partial charge is 0.277 e. The van der Waals surface area contributed by atoms with E-state index in [1.54, 1.807) is 37.6 Å². The first-order chi connectivity index (χ1) is 15.5. The van der Waals surface area contributed by atoms with Crippen LogP contribution >= 0.6 is 0 Å². The molecule has 2 aromatic carbocycles. The molecule has 0 fully saturated rings. The van der Waals surface area contributed by atoms with E-state index in [1.165, 1.54) is 4.68 Å². The van der Waals surface area contributed by atoms with Crippen molar-refractivity contribution in [3.05, 3.63) is 82.4 Å². The summed E-state index contributed by atoms with van der Waals surface area (Å²) in [5.74, 6) is 0.584. The highest BCUT2D eigenvalue weighted by Gasteiger charge is 2.14. The number of nitrogens with one attached hydrogen (secondary N) is 1. The van der Waals surface area contributed by atoms with Crippen molar-refractivity contribution in [1.82, 2.24) is 30.1 Å². The second-order valence-corrected chi connectivity index (χ2v) is 7.45. The third kappa shape index (κ3) is 4.66. The Hall–Kier alpha value is -4.01. The number of aryl methyl sites for hydroxylation is 1. The lowest BCUT2D eigenvalue weighted by molar-refractivity contribution is -0.122. The molecule has 4 aromatic rings. The highest BCUT2D eigenvalue weighted by molar-refractivity contribution is 5.77. The van der Waals surface area contributed by atoms with E-state index in [0.717, 1.165) is 16.9 Å². The molecule has 0 aliphatic rings. The Bertz CT molecular complexity index is 1280. The molecule has 1 N–H and O–H groups in total. The SMILES string of the molecule is COc1ccc([C@H](C)NC(=O)CCn2nnc3ccccc3c2=O)cc1Cn1cccn1. The maximum absolute atomic E-state index is 12.5. The summed E-state index contributed by atoms with van der Waals surface area (Å²) >= 11 is 0. The number of amides is 1. The molecule has 0 unspecified atom stereocenters. The van der Waals surface area contributed by atoms with E-state index in [4.69, 9.17) is 4.74 Å². The monoisotopic (exact) mass is 432 g/mol. The molecule has 9 nitrogen and oxygen atoms in total. The molecule has 32 heavy (non-hydrogen) atoms. The first-order valence-electron chi connectivity index (χ1n) is 10.3. The summed E-state index contributed by atoms with van der Waals surface area (Å²) in [6.45, 7) is 2.63. The Morgan fingerprint density at radius 1 is 1.19 bits per heavy atom. The predicted molar refractivity (Wildman–Crippen MR) is 119 cm³/mol. The molecule has 0 saturated heterocycles. The number of benzene rings is 2. The number of fused-ring (bicyclic) bond motifs is 1. The van der Waals surface area contributed by atoms with Crippen molar-refractivity contribution in [1.29, 1.82) is 0 Å². The number of ether oxygens (including phenoxy) is 1. The van der Waals surface area contributed by atoms with Crippen LogP contribution in [0.1, 0.15) is 30.5 Å². The fourth-order valence-electron chi connectivity index (χ4n) is 3.53. The van der Waals surface area contributed by atoms with E-state index in [0.29, 0.717) is 17.4 Å². The Morgan fingerprint density at radius 2 is 2.03 bits per heavy atom. The first-order valence-corrected chi connectivity index (χ1v) is 10.3. The molecule has 9 heteroatoms. The van der Waals surface area contributed by atoms with Gasteiger partial charge in [0.25, 0.3) is 5.56 Å². The van der Waals surface area contributed by atoms with Crippen LogP contribution in [0.5, 0.6) is 5.75 Å². The quantitative estimate of drug-likeness (QED) is 0.458. The van der Waals surface area contributed by atoms with Crippen molar-refractivity contribution in [3.8, 4) is 5.75 Å². The van der Waals surface area contributed by atoms with Crippen LogP contribution in [0.4, 0.5) is 0 Å². The number of aromatic nitrogens is 5. The highest BCUT2D eigenvalue weighted by atomic mass is 16.5. The van der Waals surface area contributed by atoms with E-state index in [-0.39, 0.29) is 30.5 Å². The summed E-state index contributed by atoms with van der Waals surface area (Å²) in [6, 6.07) is 14.5. The summed E-state index contributed by atoms with van der Waals surface area (Å²) in [4.78, 5) is 25.0. The van der Waals surface area contributed by atoms with Gasteiger partial charge in [0.05, 0.1) is 31.6 Å². The minimum absolute atomic E-state index is 0.119. The van der Waals surface area contributed by atoms with Crippen LogP contribution in [0.3, 0.4) is 0 Å². The van der Waals surface area contributed by atoms with Gasteiger partial charge < -0.3 is 10.1 Å². The number of nitrogens with zero attached hydrogens (tertiary/aromatic N) is 5. The number of hydrogen-bond donors (Lipinski definition) is 1. The van der Waals surface area contributed by atoms with Crippen LogP contribution < -0.4 is 15.6 Å². The van der Waals surface area contributed by atoms with Crippen LogP contribution in [0.15, 0.2) is 65.7 Å². The minimum Gasteiger partial charge on any atom is -0.496 e. The fourth-order valence-corrected chi connectivity index (χ4v) is 3.53. The van der Waals surface area contributed by atoms with E-state index in [9.17, 15) is 9.59 Å². The number of methoxy groups -OCH3 is 1. The lowest BCUT2D eigenvalue weighted by Crippen LogP contribution is -2.30. The fraction of sp³-hybridized carbons (Fsp3) is 0.261. The largest absolute Gasteiger partial charge is 0.496 e. The summed E-state index contributed by atoms with van der Waals surface area (Å²) in [5, 5.41) is 15.7. The topological polar surface area (TPSA) is 104 Å². The third-order valence-electron chi connectivity index (χ3n) is 5.25. The van der Waals surface area contributed by atoms with Gasteiger partial charge in [0.1, 0.15) is 11.3 Å². The first kappa shape index (κ1) is 21.2. The predicted octanol–water partition coefficient (Wildman–Crippen LogP) is 2.31. The molecular weight excluding hydrogens is 408 g/mol. The molecule has 2 heterocycles. The van der Waals surface area contributed by atoms with Crippen molar-refractivity contribution in [2.45, 2.75) is 32.5 Å². The van der Waals surface area contributed by atoms with Gasteiger partial charge in [0, 0.05) is 24.4 Å². The minimum atomic E-state index is -0.255. The number of hydrogen-bond acceptors (Lipinski definition) is 6. The normalized spacial score (nSPS) is 11.9. The van der Waals surface area contributed by atoms with Crippen LogP contribution in [0, 0.1) is 0 Å².